The van der Waals surface area contributed by atoms with Crippen LogP contribution in [0.3, 0.4) is 0 Å². The van der Waals surface area contributed by atoms with Gasteiger partial charge in [-0.05, 0) is 42.2 Å². The molecule has 1 atom stereocenters. The predicted molar refractivity (Wildman–Crippen MR) is 96.3 cm³/mol. The van der Waals surface area contributed by atoms with Gasteiger partial charge in [-0.15, -0.1) is 0 Å². The topological polar surface area (TPSA) is 86.8 Å². The highest BCUT2D eigenvalue weighted by Crippen LogP contribution is 2.24. The van der Waals surface area contributed by atoms with Gasteiger partial charge in [-0.3, -0.25) is 4.98 Å². The number of hydrogen-bond donors (Lipinski definition) is 1. The molecular formula is C19H23N3O3. The molecular weight excluding hydrogens is 318 g/mol. The van der Waals surface area contributed by atoms with Crippen molar-refractivity contribution in [3.05, 3.63) is 59.9 Å². The molecule has 0 saturated heterocycles. The van der Waals surface area contributed by atoms with Crippen LogP contribution in [0.4, 0.5) is 0 Å². The van der Waals surface area contributed by atoms with Crippen molar-refractivity contribution in [2.24, 2.45) is 10.9 Å². The maximum Gasteiger partial charge on any atom is 0.374 e. The third-order valence-electron chi connectivity index (χ3n) is 3.53. The van der Waals surface area contributed by atoms with Gasteiger partial charge in [0.2, 0.25) is 0 Å². The Morgan fingerprint density at radius 2 is 1.84 bits per heavy atom. The number of hydrogen-bond acceptors (Lipinski definition) is 5. The highest BCUT2D eigenvalue weighted by atomic mass is 16.7. The van der Waals surface area contributed by atoms with Gasteiger partial charge in [-0.1, -0.05) is 44.1 Å². The number of ether oxygens (including phenoxy) is 1. The summed E-state index contributed by atoms with van der Waals surface area (Å²) in [7, 11) is 0. The molecule has 2 aromatic rings. The molecule has 25 heavy (non-hydrogen) atoms. The summed E-state index contributed by atoms with van der Waals surface area (Å²) < 4.78 is 5.58. The van der Waals surface area contributed by atoms with Crippen LogP contribution in [0.1, 0.15) is 39.0 Å². The van der Waals surface area contributed by atoms with Gasteiger partial charge in [0.1, 0.15) is 11.4 Å². The number of carbonyl (C=O) groups is 1. The molecule has 0 amide bonds. The Morgan fingerprint density at radius 1 is 1.16 bits per heavy atom. The van der Waals surface area contributed by atoms with Gasteiger partial charge in [0.25, 0.3) is 0 Å². The molecule has 0 unspecified atom stereocenters. The summed E-state index contributed by atoms with van der Waals surface area (Å²) in [4.78, 5) is 20.8. The van der Waals surface area contributed by atoms with E-state index in [9.17, 15) is 4.79 Å². The van der Waals surface area contributed by atoms with Gasteiger partial charge in [0.15, 0.2) is 11.9 Å². The van der Waals surface area contributed by atoms with Crippen LogP contribution in [0.5, 0.6) is 5.75 Å². The number of aromatic nitrogens is 1. The summed E-state index contributed by atoms with van der Waals surface area (Å²) in [5.74, 6) is -0.0337. The maximum atomic E-state index is 12.0. The van der Waals surface area contributed by atoms with Crippen molar-refractivity contribution in [1.82, 2.24) is 4.98 Å². The minimum atomic E-state index is -0.819. The van der Waals surface area contributed by atoms with Crippen LogP contribution in [0.15, 0.2) is 53.8 Å². The minimum absolute atomic E-state index is 0.0238. The second-order valence-corrected chi connectivity index (χ2v) is 6.64. The van der Waals surface area contributed by atoms with E-state index in [1.54, 1.807) is 31.3 Å². The van der Waals surface area contributed by atoms with Crippen LogP contribution < -0.4 is 10.5 Å². The monoisotopic (exact) mass is 341 g/mol. The molecule has 6 heteroatoms. The van der Waals surface area contributed by atoms with Crippen LogP contribution >= 0.6 is 0 Å². The molecule has 0 aliphatic heterocycles. The van der Waals surface area contributed by atoms with Gasteiger partial charge in [-0.2, -0.15) is 0 Å². The molecule has 0 spiro atoms. The molecule has 0 fully saturated rings. The standard InChI is InChI=1S/C19H23N3O3/c1-13(24-15-10-8-14(9-11-15)19(2,3)4)18(23)25-22-17(20)16-7-5-6-12-21-16/h5-13H,1-4H3,(H2,20,22)/t13-/m0/s1. The van der Waals surface area contributed by atoms with Crippen molar-refractivity contribution in [3.8, 4) is 5.75 Å². The number of pyridine rings is 1. The lowest BCUT2D eigenvalue weighted by atomic mass is 9.87. The first-order valence-corrected chi connectivity index (χ1v) is 8.00. The summed E-state index contributed by atoms with van der Waals surface area (Å²) in [6.07, 6.45) is 0.757. The fourth-order valence-electron chi connectivity index (χ4n) is 2.02. The summed E-state index contributed by atoms with van der Waals surface area (Å²) in [6.45, 7) is 7.99. The number of nitrogens with zero attached hydrogens (tertiary/aromatic N) is 2. The molecule has 6 nitrogen and oxygen atoms in total. The molecule has 132 valence electrons. The average Bonchev–Trinajstić information content (AvgIpc) is 2.59. The van der Waals surface area contributed by atoms with Crippen LogP contribution in [0.2, 0.25) is 0 Å². The van der Waals surface area contributed by atoms with Crippen molar-refractivity contribution < 1.29 is 14.4 Å². The van der Waals surface area contributed by atoms with E-state index < -0.39 is 12.1 Å². The lowest BCUT2D eigenvalue weighted by Gasteiger charge is -2.19. The number of nitrogens with two attached hydrogens (primary N) is 1. The lowest BCUT2D eigenvalue weighted by Crippen LogP contribution is -2.26. The zero-order valence-corrected chi connectivity index (χ0v) is 14.9. The van der Waals surface area contributed by atoms with Crippen molar-refractivity contribution in [2.45, 2.75) is 39.2 Å². The van der Waals surface area contributed by atoms with Crippen molar-refractivity contribution in [3.63, 3.8) is 0 Å². The Bertz CT molecular complexity index is 735. The molecule has 1 heterocycles. The second-order valence-electron chi connectivity index (χ2n) is 6.64. The maximum absolute atomic E-state index is 12.0. The van der Waals surface area contributed by atoms with E-state index >= 15 is 0 Å². The quantitative estimate of drug-likeness (QED) is 0.391. The molecule has 0 saturated carbocycles. The van der Waals surface area contributed by atoms with Crippen molar-refractivity contribution >= 4 is 11.8 Å². The van der Waals surface area contributed by atoms with E-state index in [0.29, 0.717) is 11.4 Å². The lowest BCUT2D eigenvalue weighted by molar-refractivity contribution is -0.151. The molecule has 0 bridgehead atoms. The number of rotatable bonds is 5. The summed E-state index contributed by atoms with van der Waals surface area (Å²) in [5.41, 5.74) is 7.39. The predicted octanol–water partition coefficient (Wildman–Crippen LogP) is 3.01. The highest BCUT2D eigenvalue weighted by Gasteiger charge is 2.18. The van der Waals surface area contributed by atoms with Crippen LogP contribution in [0, 0.1) is 0 Å². The Kier molecular flexibility index (Phi) is 5.75. The molecule has 0 aliphatic rings. The molecule has 0 aliphatic carbocycles. The fourth-order valence-corrected chi connectivity index (χ4v) is 2.02. The van der Waals surface area contributed by atoms with Crippen LogP contribution in [0.25, 0.3) is 0 Å². The van der Waals surface area contributed by atoms with E-state index in [-0.39, 0.29) is 11.3 Å². The fraction of sp³-hybridized carbons (Fsp3) is 0.316. The molecule has 0 radical (unpaired) electrons. The Morgan fingerprint density at radius 3 is 2.40 bits per heavy atom. The summed E-state index contributed by atoms with van der Waals surface area (Å²) in [5, 5.41) is 3.61. The van der Waals surface area contributed by atoms with E-state index in [2.05, 4.69) is 30.9 Å². The zero-order chi connectivity index (χ0) is 18.4. The number of amidine groups is 1. The first-order chi connectivity index (χ1) is 11.8. The normalized spacial score (nSPS) is 13.2. The summed E-state index contributed by atoms with van der Waals surface area (Å²) >= 11 is 0. The smallest absolute Gasteiger partial charge is 0.374 e. The number of benzene rings is 1. The average molecular weight is 341 g/mol. The van der Waals surface area contributed by atoms with Crippen LogP contribution in [-0.4, -0.2) is 22.9 Å². The van der Waals surface area contributed by atoms with E-state index in [1.165, 1.54) is 5.56 Å². The van der Waals surface area contributed by atoms with E-state index in [0.717, 1.165) is 0 Å². The minimum Gasteiger partial charge on any atom is -0.479 e. The Balaban J connectivity index is 1.94. The Labute approximate surface area is 147 Å². The van der Waals surface area contributed by atoms with Crippen molar-refractivity contribution in [1.29, 1.82) is 0 Å². The first-order valence-electron chi connectivity index (χ1n) is 8.00. The van der Waals surface area contributed by atoms with Crippen LogP contribution in [-0.2, 0) is 15.0 Å². The van der Waals surface area contributed by atoms with Gasteiger partial charge in [0.05, 0.1) is 0 Å². The highest BCUT2D eigenvalue weighted by molar-refractivity contribution is 5.95. The Hall–Kier alpha value is -2.89. The third kappa shape index (κ3) is 5.31. The van der Waals surface area contributed by atoms with Gasteiger partial charge < -0.3 is 15.3 Å². The van der Waals surface area contributed by atoms with Gasteiger partial charge >= 0.3 is 5.97 Å². The molecule has 2 rings (SSSR count). The van der Waals surface area contributed by atoms with Crippen molar-refractivity contribution in [2.75, 3.05) is 0 Å². The zero-order valence-electron chi connectivity index (χ0n) is 14.9. The number of oxime groups is 1. The van der Waals surface area contributed by atoms with Gasteiger partial charge in [0, 0.05) is 6.20 Å². The third-order valence-corrected chi connectivity index (χ3v) is 3.53. The first kappa shape index (κ1) is 18.4. The molecule has 2 N–H and O–H groups in total. The van der Waals surface area contributed by atoms with E-state index in [4.69, 9.17) is 15.3 Å². The summed E-state index contributed by atoms with van der Waals surface area (Å²) in [6, 6.07) is 12.8. The number of carbonyl (C=O) groups excluding carboxylic acids is 1. The molecule has 1 aromatic carbocycles. The van der Waals surface area contributed by atoms with E-state index in [1.807, 2.05) is 24.3 Å². The SMILES string of the molecule is C[C@H](Oc1ccc(C(C)(C)C)cc1)C(=O)O/N=C(/N)c1ccccn1. The van der Waals surface area contributed by atoms with Gasteiger partial charge in [-0.25, -0.2) is 4.79 Å². The second kappa shape index (κ2) is 7.79. The largest absolute Gasteiger partial charge is 0.479 e. The molecule has 1 aromatic heterocycles.